The van der Waals surface area contributed by atoms with Crippen molar-refractivity contribution in [3.63, 3.8) is 0 Å². The van der Waals surface area contributed by atoms with Crippen molar-refractivity contribution in [3.05, 3.63) is 11.4 Å². The van der Waals surface area contributed by atoms with Crippen LogP contribution in [0.2, 0.25) is 0 Å². The summed E-state index contributed by atoms with van der Waals surface area (Å²) < 4.78 is 29.0. The zero-order valence-corrected chi connectivity index (χ0v) is 16.7. The maximum absolute atomic E-state index is 13.0. The molecule has 142 valence electrons. The lowest BCUT2D eigenvalue weighted by Crippen LogP contribution is -2.38. The van der Waals surface area contributed by atoms with E-state index in [1.165, 1.54) is 4.68 Å². The van der Waals surface area contributed by atoms with Crippen LogP contribution in [-0.2, 0) is 21.4 Å². The van der Waals surface area contributed by atoms with Crippen LogP contribution in [0.5, 0.6) is 0 Å². The molecule has 0 aliphatic carbocycles. The highest BCUT2D eigenvalue weighted by molar-refractivity contribution is 7.89. The summed E-state index contributed by atoms with van der Waals surface area (Å²) in [6, 6.07) is 0.0565. The molecule has 1 saturated heterocycles. The van der Waals surface area contributed by atoms with Gasteiger partial charge in [-0.05, 0) is 39.5 Å². The predicted octanol–water partition coefficient (Wildman–Crippen LogP) is 1.84. The number of hydrogen-bond donors (Lipinski definition) is 1. The number of hydrogen-bond acceptors (Lipinski definition) is 4. The number of aromatic nitrogens is 2. The first-order valence-electron chi connectivity index (χ1n) is 8.98. The van der Waals surface area contributed by atoms with Gasteiger partial charge in [0.1, 0.15) is 11.4 Å². The number of sulfonamides is 1. The van der Waals surface area contributed by atoms with Crippen LogP contribution >= 0.6 is 0 Å². The molecule has 8 heteroatoms. The number of aryl methyl sites for hydroxylation is 1. The molecule has 7 nitrogen and oxygen atoms in total. The molecule has 0 aromatic carbocycles. The summed E-state index contributed by atoms with van der Waals surface area (Å²) in [7, 11) is -3.56. The van der Waals surface area contributed by atoms with Gasteiger partial charge in [0, 0.05) is 19.1 Å². The van der Waals surface area contributed by atoms with Crippen LogP contribution in [-0.4, -0.2) is 47.5 Å². The van der Waals surface area contributed by atoms with Crippen LogP contribution in [0.3, 0.4) is 0 Å². The molecule has 0 bridgehead atoms. The van der Waals surface area contributed by atoms with Crippen molar-refractivity contribution >= 4 is 15.9 Å². The lowest BCUT2D eigenvalue weighted by molar-refractivity contribution is -0.122. The highest BCUT2D eigenvalue weighted by Gasteiger charge is 2.32. The van der Waals surface area contributed by atoms with Crippen LogP contribution < -0.4 is 5.32 Å². The highest BCUT2D eigenvalue weighted by atomic mass is 32.2. The van der Waals surface area contributed by atoms with Crippen LogP contribution in [0.25, 0.3) is 0 Å². The first-order chi connectivity index (χ1) is 11.6. The second kappa shape index (κ2) is 7.86. The Morgan fingerprint density at radius 2 is 1.76 bits per heavy atom. The largest absolute Gasteiger partial charge is 0.352 e. The summed E-state index contributed by atoms with van der Waals surface area (Å²) in [5, 5.41) is 7.24. The standard InChI is InChI=1S/C17H30N4O3S/c1-12(2)13(3)18-16(22)11-21-15(5)17(14(4)19-21)25(23,24)20-9-7-6-8-10-20/h12-13H,6-11H2,1-5H3,(H,18,22)/t13-/m1/s1. The Labute approximate surface area is 150 Å². The number of carbonyl (C=O) groups excluding carboxylic acids is 1. The SMILES string of the molecule is Cc1nn(CC(=O)N[C@H](C)C(C)C)c(C)c1S(=O)(=O)N1CCCCC1. The number of rotatable bonds is 6. The van der Waals surface area contributed by atoms with E-state index in [4.69, 9.17) is 0 Å². The molecule has 25 heavy (non-hydrogen) atoms. The maximum atomic E-state index is 13.0. The Morgan fingerprint density at radius 1 is 1.16 bits per heavy atom. The number of carbonyl (C=O) groups is 1. The van der Waals surface area contributed by atoms with Gasteiger partial charge in [0.2, 0.25) is 15.9 Å². The molecule has 0 saturated carbocycles. The molecule has 1 amide bonds. The molecule has 2 heterocycles. The summed E-state index contributed by atoms with van der Waals surface area (Å²) in [5.74, 6) is 0.174. The minimum absolute atomic E-state index is 0.0270. The zero-order valence-electron chi connectivity index (χ0n) is 15.9. The van der Waals surface area contributed by atoms with Crippen molar-refractivity contribution in [2.24, 2.45) is 5.92 Å². The lowest BCUT2D eigenvalue weighted by Gasteiger charge is -2.26. The van der Waals surface area contributed by atoms with E-state index >= 15 is 0 Å². The molecule has 0 unspecified atom stereocenters. The Hall–Kier alpha value is -1.41. The van der Waals surface area contributed by atoms with Crippen molar-refractivity contribution in [1.82, 2.24) is 19.4 Å². The Bertz CT molecular complexity index is 718. The third-order valence-corrected chi connectivity index (χ3v) is 7.06. The molecule has 1 N–H and O–H groups in total. The summed E-state index contributed by atoms with van der Waals surface area (Å²) in [4.78, 5) is 12.5. The quantitative estimate of drug-likeness (QED) is 0.828. The van der Waals surface area contributed by atoms with E-state index in [1.807, 2.05) is 20.8 Å². The number of nitrogens with one attached hydrogen (secondary N) is 1. The molecule has 1 atom stereocenters. The second-order valence-corrected chi connectivity index (χ2v) is 9.10. The topological polar surface area (TPSA) is 84.3 Å². The van der Waals surface area contributed by atoms with Gasteiger partial charge in [-0.15, -0.1) is 0 Å². The van der Waals surface area contributed by atoms with E-state index < -0.39 is 10.0 Å². The summed E-state index contributed by atoms with van der Waals surface area (Å²) in [5.41, 5.74) is 0.975. The molecular weight excluding hydrogens is 340 g/mol. The van der Waals surface area contributed by atoms with Crippen molar-refractivity contribution in [2.75, 3.05) is 13.1 Å². The first kappa shape index (κ1) is 19.9. The normalized spacial score (nSPS) is 17.7. The number of piperidine rings is 1. The van der Waals surface area contributed by atoms with E-state index in [1.54, 1.807) is 18.2 Å². The second-order valence-electron chi connectivity index (χ2n) is 7.22. The fourth-order valence-electron chi connectivity index (χ4n) is 3.04. The Morgan fingerprint density at radius 3 is 2.32 bits per heavy atom. The van der Waals surface area contributed by atoms with Crippen LogP contribution in [0.15, 0.2) is 4.90 Å². The first-order valence-corrected chi connectivity index (χ1v) is 10.4. The average Bonchev–Trinajstić information content (AvgIpc) is 2.82. The molecule has 2 rings (SSSR count). The van der Waals surface area contributed by atoms with E-state index in [2.05, 4.69) is 10.4 Å². The maximum Gasteiger partial charge on any atom is 0.246 e. The zero-order chi connectivity index (χ0) is 18.8. The van der Waals surface area contributed by atoms with Gasteiger partial charge in [-0.1, -0.05) is 20.3 Å². The van der Waals surface area contributed by atoms with E-state index in [0.717, 1.165) is 19.3 Å². The van der Waals surface area contributed by atoms with Crippen molar-refractivity contribution in [2.45, 2.75) is 71.4 Å². The van der Waals surface area contributed by atoms with Crippen LogP contribution in [0, 0.1) is 19.8 Å². The van der Waals surface area contributed by atoms with Gasteiger partial charge >= 0.3 is 0 Å². The monoisotopic (exact) mass is 370 g/mol. The van der Waals surface area contributed by atoms with E-state index in [0.29, 0.717) is 30.4 Å². The molecule has 1 fully saturated rings. The third kappa shape index (κ3) is 4.41. The van der Waals surface area contributed by atoms with Crippen LogP contribution in [0.4, 0.5) is 0 Å². The third-order valence-electron chi connectivity index (χ3n) is 4.91. The highest BCUT2D eigenvalue weighted by Crippen LogP contribution is 2.26. The molecule has 1 aromatic heterocycles. The average molecular weight is 371 g/mol. The van der Waals surface area contributed by atoms with Crippen molar-refractivity contribution in [1.29, 1.82) is 0 Å². The van der Waals surface area contributed by atoms with Crippen molar-refractivity contribution < 1.29 is 13.2 Å². The summed E-state index contributed by atoms with van der Waals surface area (Å²) in [6.45, 7) is 10.6. The lowest BCUT2D eigenvalue weighted by atomic mass is 10.1. The summed E-state index contributed by atoms with van der Waals surface area (Å²) in [6.07, 6.45) is 2.85. The minimum atomic E-state index is -3.56. The Balaban J connectivity index is 2.21. The smallest absolute Gasteiger partial charge is 0.246 e. The molecule has 0 radical (unpaired) electrons. The minimum Gasteiger partial charge on any atom is -0.352 e. The fourth-order valence-corrected chi connectivity index (χ4v) is 4.93. The molecule has 1 aliphatic heterocycles. The van der Waals surface area contributed by atoms with Gasteiger partial charge in [-0.25, -0.2) is 8.42 Å². The molecule has 1 aromatic rings. The molecular formula is C17H30N4O3S. The predicted molar refractivity (Wildman–Crippen MR) is 96.8 cm³/mol. The van der Waals surface area contributed by atoms with Gasteiger partial charge in [-0.2, -0.15) is 9.40 Å². The summed E-state index contributed by atoms with van der Waals surface area (Å²) >= 11 is 0. The molecule has 1 aliphatic rings. The fraction of sp³-hybridized carbons (Fsp3) is 0.765. The van der Waals surface area contributed by atoms with E-state index in [9.17, 15) is 13.2 Å². The van der Waals surface area contributed by atoms with Gasteiger partial charge in [-0.3, -0.25) is 9.48 Å². The molecule has 0 spiro atoms. The van der Waals surface area contributed by atoms with Gasteiger partial charge in [0.25, 0.3) is 0 Å². The van der Waals surface area contributed by atoms with Crippen LogP contribution in [0.1, 0.15) is 51.4 Å². The number of amides is 1. The van der Waals surface area contributed by atoms with E-state index in [-0.39, 0.29) is 23.4 Å². The van der Waals surface area contributed by atoms with Gasteiger partial charge in [0.05, 0.1) is 11.4 Å². The van der Waals surface area contributed by atoms with Gasteiger partial charge in [0.15, 0.2) is 0 Å². The number of nitrogens with zero attached hydrogens (tertiary/aromatic N) is 3. The van der Waals surface area contributed by atoms with Crippen molar-refractivity contribution in [3.8, 4) is 0 Å². The van der Waals surface area contributed by atoms with Gasteiger partial charge < -0.3 is 5.32 Å². The Kier molecular flexibility index (Phi) is 6.26.